The monoisotopic (exact) mass is 240 g/mol. The average molecular weight is 240 g/mol. The molecule has 1 unspecified atom stereocenters. The third-order valence-corrected chi connectivity index (χ3v) is 3.96. The van der Waals surface area contributed by atoms with Crippen LogP contribution in [0.5, 0.6) is 0 Å². The molecular formula is C13H24N2O2. The number of carbonyl (C=O) groups excluding carboxylic acids is 1. The Hall–Kier alpha value is -0.610. The zero-order valence-electron chi connectivity index (χ0n) is 10.8. The number of hydrogen-bond donors (Lipinski definition) is 2. The van der Waals surface area contributed by atoms with E-state index in [1.165, 1.54) is 25.7 Å². The second kappa shape index (κ2) is 5.83. The predicted octanol–water partition coefficient (Wildman–Crippen LogP) is 1.06. The minimum atomic E-state index is -0.215. The van der Waals surface area contributed by atoms with Crippen molar-refractivity contribution in [2.24, 2.45) is 5.41 Å². The molecule has 98 valence electrons. The molecule has 4 heteroatoms. The standard InChI is InChI=1S/C13H24N2O2/c1-13(6-7-14-10-13)12(16)15-8-9-17-11-4-2-3-5-11/h11,14H,2-10H2,1H3,(H,15,16). The molecule has 1 aliphatic carbocycles. The summed E-state index contributed by atoms with van der Waals surface area (Å²) < 4.78 is 5.72. The molecule has 2 fully saturated rings. The van der Waals surface area contributed by atoms with E-state index in [0.717, 1.165) is 19.5 Å². The first-order chi connectivity index (χ1) is 8.21. The SMILES string of the molecule is CC1(C(=O)NCCOC2CCCC2)CCNC1. The van der Waals surface area contributed by atoms with Gasteiger partial charge in [0.1, 0.15) is 0 Å². The largest absolute Gasteiger partial charge is 0.376 e. The first kappa shape index (κ1) is 12.8. The molecule has 1 aliphatic heterocycles. The number of rotatable bonds is 5. The molecule has 1 saturated carbocycles. The van der Waals surface area contributed by atoms with E-state index in [0.29, 0.717) is 19.3 Å². The van der Waals surface area contributed by atoms with Crippen LogP contribution < -0.4 is 10.6 Å². The number of carbonyl (C=O) groups is 1. The Labute approximate surface area is 103 Å². The summed E-state index contributed by atoms with van der Waals surface area (Å²) in [5.41, 5.74) is -0.215. The van der Waals surface area contributed by atoms with Crippen molar-refractivity contribution < 1.29 is 9.53 Å². The van der Waals surface area contributed by atoms with Crippen LogP contribution in [0.25, 0.3) is 0 Å². The van der Waals surface area contributed by atoms with E-state index in [9.17, 15) is 4.79 Å². The molecule has 1 amide bonds. The summed E-state index contributed by atoms with van der Waals surface area (Å²) in [7, 11) is 0. The molecule has 2 N–H and O–H groups in total. The van der Waals surface area contributed by atoms with E-state index in [2.05, 4.69) is 10.6 Å². The molecule has 0 aromatic rings. The van der Waals surface area contributed by atoms with Gasteiger partial charge in [-0.05, 0) is 32.7 Å². The Morgan fingerprint density at radius 1 is 1.47 bits per heavy atom. The van der Waals surface area contributed by atoms with E-state index < -0.39 is 0 Å². The van der Waals surface area contributed by atoms with Crippen molar-refractivity contribution in [1.29, 1.82) is 0 Å². The van der Waals surface area contributed by atoms with Gasteiger partial charge >= 0.3 is 0 Å². The Balaban J connectivity index is 1.59. The van der Waals surface area contributed by atoms with Crippen molar-refractivity contribution in [3.05, 3.63) is 0 Å². The third-order valence-electron chi connectivity index (χ3n) is 3.96. The predicted molar refractivity (Wildman–Crippen MR) is 66.8 cm³/mol. The Morgan fingerprint density at radius 2 is 2.24 bits per heavy atom. The van der Waals surface area contributed by atoms with Gasteiger partial charge in [-0.3, -0.25) is 4.79 Å². The molecular weight excluding hydrogens is 216 g/mol. The number of ether oxygens (including phenoxy) is 1. The molecule has 17 heavy (non-hydrogen) atoms. The van der Waals surface area contributed by atoms with Crippen LogP contribution in [0.3, 0.4) is 0 Å². The highest BCUT2D eigenvalue weighted by Gasteiger charge is 2.35. The zero-order valence-corrected chi connectivity index (χ0v) is 10.8. The summed E-state index contributed by atoms with van der Waals surface area (Å²) in [4.78, 5) is 12.0. The summed E-state index contributed by atoms with van der Waals surface area (Å²) in [6, 6.07) is 0. The lowest BCUT2D eigenvalue weighted by molar-refractivity contribution is -0.129. The van der Waals surface area contributed by atoms with Crippen LogP contribution in [0, 0.1) is 5.41 Å². The van der Waals surface area contributed by atoms with Gasteiger partial charge in [-0.2, -0.15) is 0 Å². The molecule has 0 bridgehead atoms. The summed E-state index contributed by atoms with van der Waals surface area (Å²) in [6.45, 7) is 5.07. The molecule has 0 aromatic carbocycles. The van der Waals surface area contributed by atoms with Crippen molar-refractivity contribution in [3.63, 3.8) is 0 Å². The van der Waals surface area contributed by atoms with E-state index in [1.54, 1.807) is 0 Å². The second-order valence-electron chi connectivity index (χ2n) is 5.52. The van der Waals surface area contributed by atoms with Crippen molar-refractivity contribution in [2.45, 2.75) is 45.1 Å². The Bertz CT molecular complexity index is 256. The van der Waals surface area contributed by atoms with E-state index in [4.69, 9.17) is 4.74 Å². The molecule has 0 spiro atoms. The fourth-order valence-electron chi connectivity index (χ4n) is 2.67. The van der Waals surface area contributed by atoms with Gasteiger partial charge < -0.3 is 15.4 Å². The summed E-state index contributed by atoms with van der Waals surface area (Å²) in [5, 5.41) is 6.22. The molecule has 1 saturated heterocycles. The van der Waals surface area contributed by atoms with Crippen LogP contribution in [0.1, 0.15) is 39.0 Å². The molecule has 0 aromatic heterocycles. The van der Waals surface area contributed by atoms with E-state index in [1.807, 2.05) is 6.92 Å². The van der Waals surface area contributed by atoms with Gasteiger partial charge in [-0.25, -0.2) is 0 Å². The average Bonchev–Trinajstić information content (AvgIpc) is 2.96. The number of nitrogens with one attached hydrogen (secondary N) is 2. The van der Waals surface area contributed by atoms with Gasteiger partial charge in [0.25, 0.3) is 0 Å². The fourth-order valence-corrected chi connectivity index (χ4v) is 2.67. The first-order valence-electron chi connectivity index (χ1n) is 6.81. The van der Waals surface area contributed by atoms with Crippen LogP contribution in [0.15, 0.2) is 0 Å². The van der Waals surface area contributed by atoms with Gasteiger partial charge in [0.2, 0.25) is 5.91 Å². The van der Waals surface area contributed by atoms with Crippen molar-refractivity contribution in [3.8, 4) is 0 Å². The van der Waals surface area contributed by atoms with Gasteiger partial charge in [0.15, 0.2) is 0 Å². The number of amides is 1. The molecule has 1 heterocycles. The summed E-state index contributed by atoms with van der Waals surface area (Å²) in [5.74, 6) is 0.164. The Kier molecular flexibility index (Phi) is 4.40. The number of hydrogen-bond acceptors (Lipinski definition) is 3. The minimum absolute atomic E-state index is 0.164. The smallest absolute Gasteiger partial charge is 0.227 e. The van der Waals surface area contributed by atoms with E-state index in [-0.39, 0.29) is 11.3 Å². The molecule has 2 rings (SSSR count). The van der Waals surface area contributed by atoms with Crippen LogP contribution in [-0.4, -0.2) is 38.3 Å². The highest BCUT2D eigenvalue weighted by Crippen LogP contribution is 2.24. The Morgan fingerprint density at radius 3 is 2.88 bits per heavy atom. The van der Waals surface area contributed by atoms with Gasteiger partial charge in [0, 0.05) is 13.1 Å². The van der Waals surface area contributed by atoms with Crippen molar-refractivity contribution >= 4 is 5.91 Å². The zero-order chi connectivity index (χ0) is 12.1. The maximum atomic E-state index is 12.0. The molecule has 2 aliphatic rings. The maximum absolute atomic E-state index is 12.0. The fraction of sp³-hybridized carbons (Fsp3) is 0.923. The lowest BCUT2D eigenvalue weighted by Crippen LogP contribution is -2.41. The maximum Gasteiger partial charge on any atom is 0.227 e. The quantitative estimate of drug-likeness (QED) is 0.707. The van der Waals surface area contributed by atoms with Crippen LogP contribution in [-0.2, 0) is 9.53 Å². The highest BCUT2D eigenvalue weighted by molar-refractivity contribution is 5.82. The van der Waals surface area contributed by atoms with Gasteiger partial charge in [-0.15, -0.1) is 0 Å². The lowest BCUT2D eigenvalue weighted by atomic mass is 9.89. The molecule has 0 radical (unpaired) electrons. The normalized spacial score (nSPS) is 29.7. The van der Waals surface area contributed by atoms with Gasteiger partial charge in [-0.1, -0.05) is 12.8 Å². The minimum Gasteiger partial charge on any atom is -0.376 e. The first-order valence-corrected chi connectivity index (χ1v) is 6.81. The molecule has 4 nitrogen and oxygen atoms in total. The van der Waals surface area contributed by atoms with Crippen molar-refractivity contribution in [1.82, 2.24) is 10.6 Å². The van der Waals surface area contributed by atoms with E-state index >= 15 is 0 Å². The van der Waals surface area contributed by atoms with Crippen molar-refractivity contribution in [2.75, 3.05) is 26.2 Å². The van der Waals surface area contributed by atoms with Crippen LogP contribution in [0.2, 0.25) is 0 Å². The molecule has 1 atom stereocenters. The summed E-state index contributed by atoms with van der Waals surface area (Å²) >= 11 is 0. The van der Waals surface area contributed by atoms with Crippen LogP contribution >= 0.6 is 0 Å². The summed E-state index contributed by atoms with van der Waals surface area (Å²) in [6.07, 6.45) is 6.34. The van der Waals surface area contributed by atoms with Crippen LogP contribution in [0.4, 0.5) is 0 Å². The topological polar surface area (TPSA) is 50.4 Å². The third kappa shape index (κ3) is 3.42. The highest BCUT2D eigenvalue weighted by atomic mass is 16.5. The second-order valence-corrected chi connectivity index (χ2v) is 5.52. The van der Waals surface area contributed by atoms with Gasteiger partial charge in [0.05, 0.1) is 18.1 Å². The lowest BCUT2D eigenvalue weighted by Gasteiger charge is -2.21.